The van der Waals surface area contributed by atoms with Crippen LogP contribution in [0.15, 0.2) is 78.0 Å². The zero-order valence-corrected chi connectivity index (χ0v) is 19.2. The number of thioether (sulfide) groups is 1. The third kappa shape index (κ3) is 4.60. The van der Waals surface area contributed by atoms with Crippen LogP contribution in [0.5, 0.6) is 5.75 Å². The van der Waals surface area contributed by atoms with Crippen molar-refractivity contribution in [1.29, 1.82) is 0 Å². The van der Waals surface area contributed by atoms with E-state index in [0.717, 1.165) is 11.1 Å². The van der Waals surface area contributed by atoms with E-state index in [2.05, 4.69) is 10.2 Å². The largest absolute Gasteiger partial charge is 0.495 e. The van der Waals surface area contributed by atoms with Gasteiger partial charge in [-0.2, -0.15) is 0 Å². The highest BCUT2D eigenvalue weighted by Gasteiger charge is 2.26. The first-order chi connectivity index (χ1) is 15.5. The third-order valence-electron chi connectivity index (χ3n) is 4.68. The van der Waals surface area contributed by atoms with Gasteiger partial charge in [-0.3, -0.25) is 9.36 Å². The number of halogens is 2. The molecular formula is C23H18Cl2N4O2S. The van der Waals surface area contributed by atoms with Crippen molar-refractivity contribution in [1.82, 2.24) is 14.8 Å². The van der Waals surface area contributed by atoms with E-state index in [1.807, 2.05) is 42.5 Å². The minimum atomic E-state index is -0.670. The van der Waals surface area contributed by atoms with Crippen LogP contribution >= 0.6 is 35.0 Å². The molecule has 1 amide bonds. The second-order valence-corrected chi connectivity index (χ2v) is 8.72. The number of rotatable bonds is 7. The van der Waals surface area contributed by atoms with Crippen LogP contribution in [0.25, 0.3) is 17.1 Å². The normalized spacial score (nSPS) is 11.8. The van der Waals surface area contributed by atoms with Crippen LogP contribution in [-0.2, 0) is 4.79 Å². The van der Waals surface area contributed by atoms with Gasteiger partial charge in [0.05, 0.1) is 12.8 Å². The quantitative estimate of drug-likeness (QED) is 0.346. The number of hydrogen-bond acceptors (Lipinski definition) is 5. The molecule has 0 spiro atoms. The van der Waals surface area contributed by atoms with E-state index in [1.165, 1.54) is 11.8 Å². The van der Waals surface area contributed by atoms with E-state index >= 15 is 0 Å². The highest BCUT2D eigenvalue weighted by Crippen LogP contribution is 2.39. The Kier molecular flexibility index (Phi) is 6.69. The fourth-order valence-corrected chi connectivity index (χ4v) is 4.59. The SMILES string of the molecule is COc1ccc(Cl)cc1-n1c(SC(C(N)=O)c2ccccc2)nnc1-c1cccc(Cl)c1. The predicted molar refractivity (Wildman–Crippen MR) is 128 cm³/mol. The molecule has 4 aromatic rings. The van der Waals surface area contributed by atoms with Crippen LogP contribution in [0.2, 0.25) is 10.0 Å². The van der Waals surface area contributed by atoms with Crippen molar-refractivity contribution in [2.75, 3.05) is 7.11 Å². The molecule has 32 heavy (non-hydrogen) atoms. The smallest absolute Gasteiger partial charge is 0.235 e. The Balaban J connectivity index is 1.90. The maximum Gasteiger partial charge on any atom is 0.235 e. The molecule has 1 atom stereocenters. The van der Waals surface area contributed by atoms with Crippen molar-refractivity contribution < 1.29 is 9.53 Å². The van der Waals surface area contributed by atoms with Gasteiger partial charge in [-0.15, -0.1) is 10.2 Å². The number of nitrogens with zero attached hydrogens (tertiary/aromatic N) is 3. The summed E-state index contributed by atoms with van der Waals surface area (Å²) in [4.78, 5) is 12.3. The molecule has 2 N–H and O–H groups in total. The lowest BCUT2D eigenvalue weighted by Gasteiger charge is -2.17. The Labute approximate surface area is 199 Å². The number of methoxy groups -OCH3 is 1. The van der Waals surface area contributed by atoms with Crippen LogP contribution in [0.4, 0.5) is 0 Å². The summed E-state index contributed by atoms with van der Waals surface area (Å²) in [6.07, 6.45) is 0. The molecule has 1 aromatic heterocycles. The molecular weight excluding hydrogens is 467 g/mol. The lowest BCUT2D eigenvalue weighted by Crippen LogP contribution is -2.19. The summed E-state index contributed by atoms with van der Waals surface area (Å²) < 4.78 is 7.36. The van der Waals surface area contributed by atoms with Crippen molar-refractivity contribution in [2.45, 2.75) is 10.4 Å². The maximum absolute atomic E-state index is 12.3. The lowest BCUT2D eigenvalue weighted by atomic mass is 10.1. The number of ether oxygens (including phenoxy) is 1. The number of carbonyl (C=O) groups excluding carboxylic acids is 1. The molecule has 0 radical (unpaired) electrons. The maximum atomic E-state index is 12.3. The third-order valence-corrected chi connectivity index (χ3v) is 6.37. The second kappa shape index (κ2) is 9.65. The fraction of sp³-hybridized carbons (Fsp3) is 0.0870. The minimum Gasteiger partial charge on any atom is -0.495 e. The van der Waals surface area contributed by atoms with E-state index in [-0.39, 0.29) is 0 Å². The van der Waals surface area contributed by atoms with E-state index in [4.69, 9.17) is 33.7 Å². The highest BCUT2D eigenvalue weighted by molar-refractivity contribution is 8.00. The van der Waals surface area contributed by atoms with Gasteiger partial charge >= 0.3 is 0 Å². The van der Waals surface area contributed by atoms with Crippen molar-refractivity contribution >= 4 is 40.9 Å². The predicted octanol–water partition coefficient (Wildman–Crippen LogP) is 5.57. The molecule has 0 bridgehead atoms. The summed E-state index contributed by atoms with van der Waals surface area (Å²) in [5.74, 6) is 0.597. The summed E-state index contributed by atoms with van der Waals surface area (Å²) in [5, 5.41) is 9.63. The van der Waals surface area contributed by atoms with Crippen molar-refractivity contribution in [3.63, 3.8) is 0 Å². The van der Waals surface area contributed by atoms with E-state index in [1.54, 1.807) is 42.0 Å². The zero-order valence-electron chi connectivity index (χ0n) is 16.9. The molecule has 0 saturated carbocycles. The van der Waals surface area contributed by atoms with Crippen LogP contribution in [0.3, 0.4) is 0 Å². The first-order valence-corrected chi connectivity index (χ1v) is 11.2. The van der Waals surface area contributed by atoms with Gasteiger partial charge in [0.1, 0.15) is 11.0 Å². The number of nitrogens with two attached hydrogens (primary N) is 1. The summed E-state index contributed by atoms with van der Waals surface area (Å²) in [5.41, 5.74) is 7.88. The number of primary amides is 1. The average Bonchev–Trinajstić information content (AvgIpc) is 3.21. The van der Waals surface area contributed by atoms with Crippen molar-refractivity contribution in [2.24, 2.45) is 5.73 Å². The van der Waals surface area contributed by atoms with Gasteiger partial charge in [0.25, 0.3) is 0 Å². The average molecular weight is 485 g/mol. The summed E-state index contributed by atoms with van der Waals surface area (Å²) in [6, 6.07) is 21.8. The van der Waals surface area contributed by atoms with Gasteiger partial charge in [0, 0.05) is 15.6 Å². The second-order valence-electron chi connectivity index (χ2n) is 6.78. The van der Waals surface area contributed by atoms with Gasteiger partial charge in [-0.1, -0.05) is 77.4 Å². The van der Waals surface area contributed by atoms with Gasteiger partial charge in [-0.05, 0) is 35.9 Å². The molecule has 4 rings (SSSR count). The Morgan fingerprint density at radius 1 is 1.00 bits per heavy atom. The number of hydrogen-bond donors (Lipinski definition) is 1. The molecule has 0 aliphatic heterocycles. The van der Waals surface area contributed by atoms with Gasteiger partial charge in [0.2, 0.25) is 5.91 Å². The van der Waals surface area contributed by atoms with Crippen molar-refractivity contribution in [3.05, 3.63) is 88.4 Å². The summed E-state index contributed by atoms with van der Waals surface area (Å²) in [6.45, 7) is 0. The van der Waals surface area contributed by atoms with Crippen LogP contribution in [0, 0.1) is 0 Å². The molecule has 0 aliphatic carbocycles. The standard InChI is InChI=1S/C23H18Cl2N4O2S/c1-31-19-11-10-17(25)13-18(19)29-22(15-8-5-9-16(24)12-15)27-28-23(29)32-20(21(26)30)14-6-3-2-4-7-14/h2-13,20H,1H3,(H2,26,30). The van der Waals surface area contributed by atoms with Gasteiger partial charge in [-0.25, -0.2) is 0 Å². The molecule has 1 heterocycles. The molecule has 1 unspecified atom stereocenters. The van der Waals surface area contributed by atoms with Gasteiger partial charge < -0.3 is 10.5 Å². The first kappa shape index (κ1) is 22.2. The molecule has 0 fully saturated rings. The van der Waals surface area contributed by atoms with Crippen molar-refractivity contribution in [3.8, 4) is 22.8 Å². The minimum absolute atomic E-state index is 0.452. The number of aromatic nitrogens is 3. The summed E-state index contributed by atoms with van der Waals surface area (Å²) in [7, 11) is 1.57. The number of carbonyl (C=O) groups is 1. The first-order valence-electron chi connectivity index (χ1n) is 9.54. The van der Waals surface area contributed by atoms with E-state index in [0.29, 0.717) is 32.5 Å². The molecule has 0 saturated heterocycles. The Morgan fingerprint density at radius 2 is 1.75 bits per heavy atom. The topological polar surface area (TPSA) is 83.0 Å². The molecule has 6 nitrogen and oxygen atoms in total. The Bertz CT molecular complexity index is 1260. The van der Waals surface area contributed by atoms with Crippen LogP contribution in [-0.4, -0.2) is 27.8 Å². The van der Waals surface area contributed by atoms with Crippen LogP contribution in [0.1, 0.15) is 10.8 Å². The molecule has 0 aliphatic rings. The van der Waals surface area contributed by atoms with Gasteiger partial charge in [0.15, 0.2) is 11.0 Å². The van der Waals surface area contributed by atoms with Crippen LogP contribution < -0.4 is 10.5 Å². The zero-order chi connectivity index (χ0) is 22.7. The van der Waals surface area contributed by atoms with E-state index in [9.17, 15) is 4.79 Å². The van der Waals surface area contributed by atoms with E-state index < -0.39 is 11.2 Å². The molecule has 162 valence electrons. The highest BCUT2D eigenvalue weighted by atomic mass is 35.5. The number of benzene rings is 3. The fourth-order valence-electron chi connectivity index (χ4n) is 3.24. The molecule has 3 aromatic carbocycles. The number of amides is 1. The lowest BCUT2D eigenvalue weighted by molar-refractivity contribution is -0.117. The molecule has 9 heteroatoms. The monoisotopic (exact) mass is 484 g/mol. The Hall–Kier alpha value is -3.00. The Morgan fingerprint density at radius 3 is 2.44 bits per heavy atom. The summed E-state index contributed by atoms with van der Waals surface area (Å²) >= 11 is 13.7.